The van der Waals surface area contributed by atoms with Gasteiger partial charge in [-0.3, -0.25) is 9.48 Å². The summed E-state index contributed by atoms with van der Waals surface area (Å²) in [5.41, 5.74) is 2.33. The van der Waals surface area contributed by atoms with E-state index in [9.17, 15) is 9.59 Å². The summed E-state index contributed by atoms with van der Waals surface area (Å²) >= 11 is 5.72. The van der Waals surface area contributed by atoms with Gasteiger partial charge in [-0.05, 0) is 26.8 Å². The van der Waals surface area contributed by atoms with Gasteiger partial charge in [0.2, 0.25) is 0 Å². The van der Waals surface area contributed by atoms with Gasteiger partial charge >= 0.3 is 5.97 Å². The van der Waals surface area contributed by atoms with Gasteiger partial charge < -0.3 is 15.0 Å². The first kappa shape index (κ1) is 16.1. The maximum absolute atomic E-state index is 12.1. The molecule has 0 radical (unpaired) electrons. The molecule has 2 heterocycles. The number of halogens is 1. The van der Waals surface area contributed by atoms with Crippen molar-refractivity contribution in [2.75, 3.05) is 5.32 Å². The number of aromatic amines is 1. The highest BCUT2D eigenvalue weighted by Crippen LogP contribution is 2.19. The van der Waals surface area contributed by atoms with Gasteiger partial charge in [0.25, 0.3) is 5.91 Å². The van der Waals surface area contributed by atoms with Crippen LogP contribution in [-0.2, 0) is 16.6 Å². The third-order valence-corrected chi connectivity index (χ3v) is 3.50. The van der Waals surface area contributed by atoms with E-state index in [1.54, 1.807) is 18.7 Å². The number of amides is 1. The summed E-state index contributed by atoms with van der Waals surface area (Å²) < 4.78 is 6.77. The van der Waals surface area contributed by atoms with Crippen molar-refractivity contribution in [3.05, 3.63) is 34.4 Å². The van der Waals surface area contributed by atoms with Crippen molar-refractivity contribution in [3.63, 3.8) is 0 Å². The Balaban J connectivity index is 2.02. The van der Waals surface area contributed by atoms with Crippen LogP contribution in [0, 0.1) is 13.8 Å². The molecule has 1 atom stereocenters. The summed E-state index contributed by atoms with van der Waals surface area (Å²) in [5.74, 6) is -1.07. The van der Waals surface area contributed by atoms with Gasteiger partial charge in [0, 0.05) is 13.2 Å². The molecule has 2 rings (SSSR count). The van der Waals surface area contributed by atoms with E-state index in [-0.39, 0.29) is 5.69 Å². The topological polar surface area (TPSA) is 89.0 Å². The van der Waals surface area contributed by atoms with Crippen LogP contribution in [0.1, 0.15) is 28.8 Å². The zero-order valence-corrected chi connectivity index (χ0v) is 13.5. The molecule has 0 fully saturated rings. The van der Waals surface area contributed by atoms with E-state index in [2.05, 4.69) is 15.4 Å². The zero-order chi connectivity index (χ0) is 16.4. The lowest BCUT2D eigenvalue weighted by Crippen LogP contribution is -2.30. The Morgan fingerprint density at radius 3 is 2.64 bits per heavy atom. The first-order chi connectivity index (χ1) is 10.3. The minimum absolute atomic E-state index is 0.193. The van der Waals surface area contributed by atoms with Gasteiger partial charge in [-0.1, -0.05) is 11.6 Å². The number of rotatable bonds is 4. The Hall–Kier alpha value is -2.28. The zero-order valence-electron chi connectivity index (χ0n) is 12.7. The van der Waals surface area contributed by atoms with Crippen molar-refractivity contribution in [2.24, 2.45) is 7.05 Å². The number of nitrogens with one attached hydrogen (secondary N) is 2. The van der Waals surface area contributed by atoms with Crippen LogP contribution in [0.3, 0.4) is 0 Å². The standard InChI is InChI=1S/C14H17ClN4O3/c1-7-12(8(2)19(4)18-7)17-13(20)9(3)22-14(21)11-5-10(15)6-16-11/h5-6,9,16H,1-4H3,(H,17,20). The van der Waals surface area contributed by atoms with Gasteiger partial charge in [0.15, 0.2) is 6.10 Å². The number of ether oxygens (including phenoxy) is 1. The molecular weight excluding hydrogens is 308 g/mol. The van der Waals surface area contributed by atoms with Crippen LogP contribution in [0.25, 0.3) is 0 Å². The lowest BCUT2D eigenvalue weighted by Gasteiger charge is -2.13. The molecule has 0 spiro atoms. The van der Waals surface area contributed by atoms with Crippen LogP contribution < -0.4 is 5.32 Å². The highest BCUT2D eigenvalue weighted by atomic mass is 35.5. The first-order valence-corrected chi connectivity index (χ1v) is 7.03. The molecule has 118 valence electrons. The predicted octanol–water partition coefficient (Wildman–Crippen LogP) is 2.20. The Morgan fingerprint density at radius 1 is 1.45 bits per heavy atom. The summed E-state index contributed by atoms with van der Waals surface area (Å²) in [7, 11) is 1.79. The minimum Gasteiger partial charge on any atom is -0.448 e. The number of hydrogen-bond donors (Lipinski definition) is 2. The average molecular weight is 325 g/mol. The Kier molecular flexibility index (Phi) is 4.56. The fraction of sp³-hybridized carbons (Fsp3) is 0.357. The molecule has 0 aliphatic rings. The Bertz CT molecular complexity index is 720. The van der Waals surface area contributed by atoms with Crippen LogP contribution in [0.4, 0.5) is 5.69 Å². The van der Waals surface area contributed by atoms with Crippen LogP contribution in [0.5, 0.6) is 0 Å². The number of anilines is 1. The van der Waals surface area contributed by atoms with Gasteiger partial charge in [-0.2, -0.15) is 5.10 Å². The predicted molar refractivity (Wildman–Crippen MR) is 82.0 cm³/mol. The fourth-order valence-corrected chi connectivity index (χ4v) is 2.11. The fourth-order valence-electron chi connectivity index (χ4n) is 1.94. The SMILES string of the molecule is Cc1nn(C)c(C)c1NC(=O)C(C)OC(=O)c1cc(Cl)c[nH]1. The minimum atomic E-state index is -0.950. The number of carbonyl (C=O) groups is 2. The molecule has 0 saturated carbocycles. The van der Waals surface area contributed by atoms with E-state index in [0.29, 0.717) is 16.4 Å². The molecule has 22 heavy (non-hydrogen) atoms. The molecular formula is C14H17ClN4O3. The van der Waals surface area contributed by atoms with Crippen LogP contribution in [0.2, 0.25) is 5.02 Å². The van der Waals surface area contributed by atoms with Gasteiger partial charge in [0.1, 0.15) is 5.69 Å². The third kappa shape index (κ3) is 3.30. The molecule has 2 N–H and O–H groups in total. The highest BCUT2D eigenvalue weighted by Gasteiger charge is 2.22. The molecule has 1 unspecified atom stereocenters. The molecule has 0 aromatic carbocycles. The maximum Gasteiger partial charge on any atom is 0.355 e. The van der Waals surface area contributed by atoms with Crippen molar-refractivity contribution < 1.29 is 14.3 Å². The van der Waals surface area contributed by atoms with Crippen LogP contribution >= 0.6 is 11.6 Å². The third-order valence-electron chi connectivity index (χ3n) is 3.28. The number of hydrogen-bond acceptors (Lipinski definition) is 4. The second-order valence-electron chi connectivity index (χ2n) is 4.94. The summed E-state index contributed by atoms with van der Waals surface area (Å²) in [4.78, 5) is 26.7. The number of nitrogens with zero attached hydrogens (tertiary/aromatic N) is 2. The molecule has 0 saturated heterocycles. The van der Waals surface area contributed by atoms with E-state index < -0.39 is 18.0 Å². The quantitative estimate of drug-likeness (QED) is 0.844. The number of H-pyrrole nitrogens is 1. The molecule has 7 nitrogen and oxygen atoms in total. The molecule has 2 aromatic rings. The number of esters is 1. The van der Waals surface area contributed by atoms with Crippen LogP contribution in [-0.4, -0.2) is 32.7 Å². The second-order valence-corrected chi connectivity index (χ2v) is 5.37. The normalized spacial score (nSPS) is 12.0. The Labute approximate surface area is 132 Å². The van der Waals surface area contributed by atoms with E-state index in [0.717, 1.165) is 5.69 Å². The molecule has 0 bridgehead atoms. The van der Waals surface area contributed by atoms with Crippen molar-refractivity contribution >= 4 is 29.2 Å². The molecule has 0 aliphatic carbocycles. The lowest BCUT2D eigenvalue weighted by atomic mass is 10.3. The second kappa shape index (κ2) is 6.23. The molecule has 0 aliphatic heterocycles. The van der Waals surface area contributed by atoms with E-state index in [1.807, 2.05) is 6.92 Å². The first-order valence-electron chi connectivity index (χ1n) is 6.65. The average Bonchev–Trinajstić information content (AvgIpc) is 2.98. The number of aromatic nitrogens is 3. The molecule has 1 amide bonds. The maximum atomic E-state index is 12.1. The smallest absolute Gasteiger partial charge is 0.355 e. The van der Waals surface area contributed by atoms with E-state index in [4.69, 9.17) is 16.3 Å². The summed E-state index contributed by atoms with van der Waals surface area (Å²) in [6.07, 6.45) is 0.513. The van der Waals surface area contributed by atoms with Crippen molar-refractivity contribution in [2.45, 2.75) is 26.9 Å². The van der Waals surface area contributed by atoms with E-state index >= 15 is 0 Å². The summed E-state index contributed by atoms with van der Waals surface area (Å²) in [6.45, 7) is 5.13. The lowest BCUT2D eigenvalue weighted by molar-refractivity contribution is -0.123. The van der Waals surface area contributed by atoms with Crippen molar-refractivity contribution in [1.29, 1.82) is 0 Å². The van der Waals surface area contributed by atoms with Crippen LogP contribution in [0.15, 0.2) is 12.3 Å². The largest absolute Gasteiger partial charge is 0.448 e. The van der Waals surface area contributed by atoms with Crippen molar-refractivity contribution in [3.8, 4) is 0 Å². The summed E-state index contributed by atoms with van der Waals surface area (Å²) in [5, 5.41) is 7.33. The number of carbonyl (C=O) groups excluding carboxylic acids is 2. The van der Waals surface area contributed by atoms with E-state index in [1.165, 1.54) is 19.2 Å². The highest BCUT2D eigenvalue weighted by molar-refractivity contribution is 6.30. The number of aryl methyl sites for hydroxylation is 2. The van der Waals surface area contributed by atoms with Gasteiger partial charge in [-0.25, -0.2) is 4.79 Å². The Morgan fingerprint density at radius 2 is 2.14 bits per heavy atom. The van der Waals surface area contributed by atoms with Gasteiger partial charge in [0.05, 0.1) is 22.1 Å². The molecule has 8 heteroatoms. The molecule has 2 aromatic heterocycles. The summed E-state index contributed by atoms with van der Waals surface area (Å²) in [6, 6.07) is 1.43. The van der Waals surface area contributed by atoms with Gasteiger partial charge in [-0.15, -0.1) is 0 Å². The van der Waals surface area contributed by atoms with Crippen molar-refractivity contribution in [1.82, 2.24) is 14.8 Å². The monoisotopic (exact) mass is 324 g/mol.